The number of hydrogen-bond acceptors (Lipinski definition) is 3. The Morgan fingerprint density at radius 2 is 2.21 bits per heavy atom. The van der Waals surface area contributed by atoms with Crippen molar-refractivity contribution in [2.75, 3.05) is 19.6 Å². The number of nitrogens with zero attached hydrogens (tertiary/aromatic N) is 1. The maximum Gasteiger partial charge on any atom is 0.120 e. The van der Waals surface area contributed by atoms with E-state index in [9.17, 15) is 5.11 Å². The first-order valence-electron chi connectivity index (χ1n) is 6.91. The van der Waals surface area contributed by atoms with Crippen molar-refractivity contribution >= 4 is 15.9 Å². The molecule has 0 aromatic heterocycles. The Balaban J connectivity index is 1.82. The number of fused-ring (bicyclic) bond motifs is 1. The molecule has 2 aliphatic rings. The third kappa shape index (κ3) is 2.30. The largest absolute Gasteiger partial charge is 0.508 e. The molecule has 4 heteroatoms. The predicted octanol–water partition coefficient (Wildman–Crippen LogP) is 2.58. The van der Waals surface area contributed by atoms with Gasteiger partial charge in [0, 0.05) is 35.2 Å². The van der Waals surface area contributed by atoms with E-state index < -0.39 is 0 Å². The van der Waals surface area contributed by atoms with Crippen LogP contribution in [0.2, 0.25) is 0 Å². The molecular formula is C15H21BrN2O. The molecule has 0 amide bonds. The van der Waals surface area contributed by atoms with Crippen LogP contribution < -0.4 is 5.32 Å². The van der Waals surface area contributed by atoms with Gasteiger partial charge >= 0.3 is 0 Å². The molecular weight excluding hydrogens is 304 g/mol. The summed E-state index contributed by atoms with van der Waals surface area (Å²) in [5.74, 6) is 1.88. The van der Waals surface area contributed by atoms with Gasteiger partial charge in [0.25, 0.3) is 0 Å². The maximum atomic E-state index is 10.0. The number of rotatable bonds is 2. The number of halogens is 1. The summed E-state index contributed by atoms with van der Waals surface area (Å²) in [6, 6.07) is 5.68. The molecule has 2 saturated heterocycles. The highest BCUT2D eigenvalue weighted by molar-refractivity contribution is 9.10. The summed E-state index contributed by atoms with van der Waals surface area (Å²) in [4.78, 5) is 2.52. The molecule has 3 nitrogen and oxygen atoms in total. The molecule has 19 heavy (non-hydrogen) atoms. The van der Waals surface area contributed by atoms with Gasteiger partial charge in [-0.3, -0.25) is 4.90 Å². The summed E-state index contributed by atoms with van der Waals surface area (Å²) in [5, 5.41) is 13.5. The Morgan fingerprint density at radius 3 is 2.95 bits per heavy atom. The van der Waals surface area contributed by atoms with Crippen LogP contribution >= 0.6 is 15.9 Å². The summed E-state index contributed by atoms with van der Waals surface area (Å²) >= 11 is 3.48. The highest BCUT2D eigenvalue weighted by Gasteiger charge is 2.49. The number of hydrogen-bond donors (Lipinski definition) is 2. The topological polar surface area (TPSA) is 35.5 Å². The van der Waals surface area contributed by atoms with Crippen LogP contribution in [0.1, 0.15) is 19.4 Å². The molecule has 2 fully saturated rings. The molecule has 0 saturated carbocycles. The van der Waals surface area contributed by atoms with Gasteiger partial charge in [0.2, 0.25) is 0 Å². The molecule has 3 rings (SSSR count). The average molecular weight is 325 g/mol. The lowest BCUT2D eigenvalue weighted by atomic mass is 9.85. The molecule has 2 unspecified atom stereocenters. The van der Waals surface area contributed by atoms with Crippen molar-refractivity contribution in [2.24, 2.45) is 11.8 Å². The van der Waals surface area contributed by atoms with Gasteiger partial charge in [0.05, 0.1) is 0 Å². The van der Waals surface area contributed by atoms with E-state index >= 15 is 0 Å². The summed E-state index contributed by atoms with van der Waals surface area (Å²) in [6.45, 7) is 8.87. The Kier molecular flexibility index (Phi) is 3.36. The highest BCUT2D eigenvalue weighted by atomic mass is 79.9. The van der Waals surface area contributed by atoms with Crippen molar-refractivity contribution in [2.45, 2.75) is 25.9 Å². The number of benzene rings is 1. The van der Waals surface area contributed by atoms with Gasteiger partial charge in [-0.05, 0) is 50.4 Å². The normalized spacial score (nSPS) is 29.6. The van der Waals surface area contributed by atoms with Gasteiger partial charge in [0.1, 0.15) is 5.75 Å². The fourth-order valence-electron chi connectivity index (χ4n) is 3.66. The van der Waals surface area contributed by atoms with Crippen LogP contribution in [-0.2, 0) is 6.54 Å². The van der Waals surface area contributed by atoms with Crippen LogP contribution in [0.4, 0.5) is 0 Å². The van der Waals surface area contributed by atoms with E-state index in [1.54, 1.807) is 6.07 Å². The van der Waals surface area contributed by atoms with Crippen molar-refractivity contribution in [1.29, 1.82) is 0 Å². The molecule has 0 bridgehead atoms. The first-order chi connectivity index (χ1) is 8.98. The van der Waals surface area contributed by atoms with E-state index in [4.69, 9.17) is 0 Å². The van der Waals surface area contributed by atoms with Crippen molar-refractivity contribution in [3.05, 3.63) is 28.2 Å². The minimum absolute atomic E-state index is 0.197. The predicted molar refractivity (Wildman–Crippen MR) is 80.1 cm³/mol. The molecule has 2 aliphatic heterocycles. The zero-order chi connectivity index (χ0) is 13.6. The molecule has 1 aromatic carbocycles. The molecule has 2 N–H and O–H groups in total. The fraction of sp³-hybridized carbons (Fsp3) is 0.600. The van der Waals surface area contributed by atoms with Crippen molar-refractivity contribution in [1.82, 2.24) is 10.2 Å². The molecule has 0 aliphatic carbocycles. The minimum atomic E-state index is 0.197. The molecule has 0 radical (unpaired) electrons. The van der Waals surface area contributed by atoms with Crippen LogP contribution in [-0.4, -0.2) is 35.2 Å². The first-order valence-corrected chi connectivity index (χ1v) is 7.71. The summed E-state index contributed by atoms with van der Waals surface area (Å²) in [6.07, 6.45) is 0. The fourth-order valence-corrected chi connectivity index (χ4v) is 4.07. The lowest BCUT2D eigenvalue weighted by molar-refractivity contribution is 0.131. The van der Waals surface area contributed by atoms with Crippen LogP contribution in [0.25, 0.3) is 0 Å². The molecule has 0 spiro atoms. The Bertz CT molecular complexity index is 489. The minimum Gasteiger partial charge on any atom is -0.508 e. The number of phenols is 1. The van der Waals surface area contributed by atoms with E-state index in [1.807, 2.05) is 12.1 Å². The maximum absolute atomic E-state index is 10.0. The SMILES string of the molecule is CC1(C)C2CNCC2CN1Cc1cc(Br)ccc1O. The third-order valence-electron chi connectivity index (χ3n) is 4.92. The number of likely N-dealkylation sites (tertiary alicyclic amines) is 1. The van der Waals surface area contributed by atoms with Crippen LogP contribution in [0.5, 0.6) is 5.75 Å². The van der Waals surface area contributed by atoms with Gasteiger partial charge in [-0.1, -0.05) is 15.9 Å². The van der Waals surface area contributed by atoms with Gasteiger partial charge in [0.15, 0.2) is 0 Å². The lowest BCUT2D eigenvalue weighted by Gasteiger charge is -2.35. The zero-order valence-corrected chi connectivity index (χ0v) is 13.1. The summed E-state index contributed by atoms with van der Waals surface area (Å²) < 4.78 is 1.03. The zero-order valence-electron chi connectivity index (χ0n) is 11.5. The van der Waals surface area contributed by atoms with Crippen molar-refractivity contribution in [3.63, 3.8) is 0 Å². The van der Waals surface area contributed by atoms with E-state index in [2.05, 4.69) is 40.0 Å². The Labute approximate surface area is 123 Å². The van der Waals surface area contributed by atoms with Gasteiger partial charge in [-0.2, -0.15) is 0 Å². The van der Waals surface area contributed by atoms with Gasteiger partial charge < -0.3 is 10.4 Å². The second-order valence-corrected chi connectivity index (χ2v) is 7.25. The van der Waals surface area contributed by atoms with E-state index in [-0.39, 0.29) is 5.54 Å². The number of aromatic hydroxyl groups is 1. The lowest BCUT2D eigenvalue weighted by Crippen LogP contribution is -2.43. The highest BCUT2D eigenvalue weighted by Crippen LogP contribution is 2.42. The molecule has 104 valence electrons. The Morgan fingerprint density at radius 1 is 1.42 bits per heavy atom. The smallest absolute Gasteiger partial charge is 0.120 e. The number of phenolic OH excluding ortho intramolecular Hbond substituents is 1. The number of nitrogens with one attached hydrogen (secondary N) is 1. The monoisotopic (exact) mass is 324 g/mol. The first kappa shape index (κ1) is 13.4. The second kappa shape index (κ2) is 4.76. The standard InChI is InChI=1S/C15H21BrN2O/c1-15(2)13-7-17-6-11(13)9-18(15)8-10-5-12(16)3-4-14(10)19/h3-5,11,13,17,19H,6-9H2,1-2H3. The summed E-state index contributed by atoms with van der Waals surface area (Å²) in [7, 11) is 0. The molecule has 2 heterocycles. The van der Waals surface area contributed by atoms with E-state index in [0.717, 1.165) is 48.1 Å². The van der Waals surface area contributed by atoms with E-state index in [1.165, 1.54) is 0 Å². The third-order valence-corrected chi connectivity index (χ3v) is 5.41. The van der Waals surface area contributed by atoms with Crippen molar-refractivity contribution in [3.8, 4) is 5.75 Å². The quantitative estimate of drug-likeness (QED) is 0.877. The average Bonchev–Trinajstić information content (AvgIpc) is 2.89. The van der Waals surface area contributed by atoms with Crippen molar-refractivity contribution < 1.29 is 5.11 Å². The van der Waals surface area contributed by atoms with Gasteiger partial charge in [-0.25, -0.2) is 0 Å². The van der Waals surface area contributed by atoms with Crippen LogP contribution in [0, 0.1) is 11.8 Å². The molecule has 1 aromatic rings. The van der Waals surface area contributed by atoms with Crippen LogP contribution in [0.15, 0.2) is 22.7 Å². The van der Waals surface area contributed by atoms with Gasteiger partial charge in [-0.15, -0.1) is 0 Å². The van der Waals surface area contributed by atoms with Crippen LogP contribution in [0.3, 0.4) is 0 Å². The molecule has 2 atom stereocenters. The van der Waals surface area contributed by atoms with E-state index in [0.29, 0.717) is 5.75 Å². The second-order valence-electron chi connectivity index (χ2n) is 6.33. The Hall–Kier alpha value is -0.580. The summed E-state index contributed by atoms with van der Waals surface area (Å²) in [5.41, 5.74) is 1.21.